The molecule has 0 saturated heterocycles. The normalized spacial score (nSPS) is 15.0. The molecule has 1 aromatic heterocycles. The van der Waals surface area contributed by atoms with Crippen molar-refractivity contribution in [3.05, 3.63) is 64.8 Å². The minimum Gasteiger partial charge on any atom is -0.493 e. The van der Waals surface area contributed by atoms with Gasteiger partial charge in [-0.3, -0.25) is 4.79 Å². The highest BCUT2D eigenvalue weighted by atomic mass is 35.5. The van der Waals surface area contributed by atoms with Crippen LogP contribution in [0.15, 0.2) is 46.7 Å². The minimum absolute atomic E-state index is 0. The van der Waals surface area contributed by atoms with Crippen molar-refractivity contribution in [2.24, 2.45) is 5.73 Å². The lowest BCUT2D eigenvalue weighted by Gasteiger charge is -2.41. The van der Waals surface area contributed by atoms with Gasteiger partial charge in [0.2, 0.25) is 5.91 Å². The molecule has 2 aliphatic rings. The first-order chi connectivity index (χ1) is 15.6. The van der Waals surface area contributed by atoms with E-state index in [1.165, 1.54) is 18.6 Å². The smallest absolute Gasteiger partial charge is 0.249 e. The van der Waals surface area contributed by atoms with Crippen molar-refractivity contribution in [1.29, 1.82) is 0 Å². The summed E-state index contributed by atoms with van der Waals surface area (Å²) in [7, 11) is 1.63. The minimum atomic E-state index is -0.601. The molecule has 33 heavy (non-hydrogen) atoms. The number of furan rings is 1. The van der Waals surface area contributed by atoms with Gasteiger partial charge in [0.15, 0.2) is 22.9 Å². The molecule has 0 atom stereocenters. The zero-order chi connectivity index (χ0) is 22.2. The molecule has 5 rings (SSSR count). The van der Waals surface area contributed by atoms with Gasteiger partial charge in [-0.25, -0.2) is 4.39 Å². The van der Waals surface area contributed by atoms with Crippen LogP contribution in [-0.2, 0) is 6.42 Å². The Labute approximate surface area is 197 Å². The molecule has 6 nitrogen and oxygen atoms in total. The van der Waals surface area contributed by atoms with Gasteiger partial charge in [-0.05, 0) is 50.0 Å². The number of hydrogen-bond donors (Lipinski definition) is 1. The topological polar surface area (TPSA) is 77.9 Å². The van der Waals surface area contributed by atoms with E-state index in [2.05, 4.69) is 4.90 Å². The number of ether oxygens (including phenoxy) is 2. The maximum atomic E-state index is 14.3. The molecule has 1 fully saturated rings. The van der Waals surface area contributed by atoms with Crippen molar-refractivity contribution >= 4 is 35.4 Å². The van der Waals surface area contributed by atoms with Gasteiger partial charge in [-0.1, -0.05) is 12.1 Å². The second kappa shape index (κ2) is 9.35. The van der Waals surface area contributed by atoms with Gasteiger partial charge in [0.05, 0.1) is 24.6 Å². The van der Waals surface area contributed by atoms with E-state index in [-0.39, 0.29) is 30.3 Å². The number of primary amides is 1. The summed E-state index contributed by atoms with van der Waals surface area (Å²) >= 11 is 0. The largest absolute Gasteiger partial charge is 0.493 e. The molecule has 2 heterocycles. The van der Waals surface area contributed by atoms with Crippen molar-refractivity contribution in [2.75, 3.05) is 20.3 Å². The average Bonchev–Trinajstić information content (AvgIpc) is 3.18. The van der Waals surface area contributed by atoms with Crippen molar-refractivity contribution in [1.82, 2.24) is 4.90 Å². The van der Waals surface area contributed by atoms with Crippen LogP contribution in [0.25, 0.3) is 17.0 Å². The SMILES string of the molecule is COc1cccc2c(CCN(C3=Cc4c(C(N)=O)ccc(F)c4OC3)C3CCC3)coc12.Cl. The molecule has 1 aliphatic heterocycles. The van der Waals surface area contributed by atoms with Crippen LogP contribution in [0.2, 0.25) is 0 Å². The summed E-state index contributed by atoms with van der Waals surface area (Å²) < 4.78 is 31.2. The zero-order valence-corrected chi connectivity index (χ0v) is 19.1. The fraction of sp³-hybridized carbons (Fsp3) is 0.320. The van der Waals surface area contributed by atoms with E-state index in [0.717, 1.165) is 48.0 Å². The number of benzene rings is 2. The van der Waals surface area contributed by atoms with Gasteiger partial charge >= 0.3 is 0 Å². The Hall–Kier alpha value is -3.19. The second-order valence-electron chi connectivity index (χ2n) is 8.25. The molecule has 1 aliphatic carbocycles. The second-order valence-corrected chi connectivity index (χ2v) is 8.25. The third-order valence-corrected chi connectivity index (χ3v) is 6.46. The Morgan fingerprint density at radius 2 is 2.09 bits per heavy atom. The van der Waals surface area contributed by atoms with Crippen LogP contribution < -0.4 is 15.2 Å². The first-order valence-corrected chi connectivity index (χ1v) is 10.8. The standard InChI is InChI=1S/C25H25FN2O4.ClH/c1-30-22-7-3-6-18-15(13-31-24(18)22)10-11-28(16-4-2-5-16)17-12-20-19(25(27)29)8-9-21(26)23(20)32-14-17;/h3,6-9,12-13,16H,2,4-5,10-11,14H2,1H3,(H2,27,29);1H. The summed E-state index contributed by atoms with van der Waals surface area (Å²) in [5, 5.41) is 1.04. The summed E-state index contributed by atoms with van der Waals surface area (Å²) in [4.78, 5) is 14.2. The fourth-order valence-electron chi connectivity index (χ4n) is 4.54. The summed E-state index contributed by atoms with van der Waals surface area (Å²) in [6.07, 6.45) is 7.78. The van der Waals surface area contributed by atoms with E-state index >= 15 is 0 Å². The Kier molecular flexibility index (Phi) is 6.51. The van der Waals surface area contributed by atoms with Crippen LogP contribution in [0.5, 0.6) is 11.5 Å². The maximum Gasteiger partial charge on any atom is 0.249 e. The van der Waals surface area contributed by atoms with Crippen LogP contribution in [-0.4, -0.2) is 37.1 Å². The lowest BCUT2D eigenvalue weighted by atomic mass is 9.90. The van der Waals surface area contributed by atoms with E-state index in [1.807, 2.05) is 24.3 Å². The van der Waals surface area contributed by atoms with Gasteiger partial charge < -0.3 is 24.5 Å². The third kappa shape index (κ3) is 4.13. The Balaban J connectivity index is 0.00000259. The molecular weight excluding hydrogens is 447 g/mol. The lowest BCUT2D eigenvalue weighted by molar-refractivity contribution is 0.0999. The molecule has 0 spiro atoms. The number of methoxy groups -OCH3 is 1. The number of hydrogen-bond acceptors (Lipinski definition) is 5. The van der Waals surface area contributed by atoms with Gasteiger partial charge in [-0.15, -0.1) is 12.4 Å². The van der Waals surface area contributed by atoms with Crippen molar-refractivity contribution in [3.8, 4) is 11.5 Å². The van der Waals surface area contributed by atoms with Crippen molar-refractivity contribution in [3.63, 3.8) is 0 Å². The van der Waals surface area contributed by atoms with Crippen LogP contribution in [0.3, 0.4) is 0 Å². The Bertz CT molecular complexity index is 1220. The molecular formula is C25H26ClFN2O4. The Morgan fingerprint density at radius 1 is 1.27 bits per heavy atom. The number of nitrogens with two attached hydrogens (primary N) is 1. The number of fused-ring (bicyclic) bond motifs is 2. The monoisotopic (exact) mass is 472 g/mol. The van der Waals surface area contributed by atoms with Crippen LogP contribution in [0.4, 0.5) is 4.39 Å². The number of halogens is 2. The molecule has 2 N–H and O–H groups in total. The van der Waals surface area contributed by atoms with Crippen LogP contribution >= 0.6 is 12.4 Å². The summed E-state index contributed by atoms with van der Waals surface area (Å²) in [6.45, 7) is 1.00. The Morgan fingerprint density at radius 3 is 2.79 bits per heavy atom. The molecule has 1 saturated carbocycles. The summed E-state index contributed by atoms with van der Waals surface area (Å²) in [5.74, 6) is -0.289. The number of para-hydroxylation sites is 1. The van der Waals surface area contributed by atoms with Crippen molar-refractivity contribution in [2.45, 2.75) is 31.7 Å². The highest BCUT2D eigenvalue weighted by Crippen LogP contribution is 2.37. The summed E-state index contributed by atoms with van der Waals surface area (Å²) in [5.41, 5.74) is 8.99. The molecule has 0 bridgehead atoms. The van der Waals surface area contributed by atoms with Crippen molar-refractivity contribution < 1.29 is 23.1 Å². The number of carbonyl (C=O) groups is 1. The molecule has 3 aromatic rings. The predicted octanol–water partition coefficient (Wildman–Crippen LogP) is 4.93. The van der Waals surface area contributed by atoms with Gasteiger partial charge in [-0.2, -0.15) is 0 Å². The quantitative estimate of drug-likeness (QED) is 0.527. The fourth-order valence-corrected chi connectivity index (χ4v) is 4.54. The van der Waals surface area contributed by atoms with E-state index in [1.54, 1.807) is 13.4 Å². The maximum absolute atomic E-state index is 14.3. The molecule has 174 valence electrons. The van der Waals surface area contributed by atoms with Gasteiger partial charge in [0, 0.05) is 29.1 Å². The van der Waals surface area contributed by atoms with Crippen LogP contribution in [0.1, 0.15) is 40.7 Å². The number of amides is 1. The highest BCUT2D eigenvalue weighted by Gasteiger charge is 2.30. The van der Waals surface area contributed by atoms with E-state index in [0.29, 0.717) is 17.4 Å². The van der Waals surface area contributed by atoms with E-state index in [4.69, 9.17) is 19.6 Å². The predicted molar refractivity (Wildman–Crippen MR) is 126 cm³/mol. The number of nitrogens with zero attached hydrogens (tertiary/aromatic N) is 1. The molecule has 0 unspecified atom stereocenters. The van der Waals surface area contributed by atoms with E-state index in [9.17, 15) is 9.18 Å². The molecule has 1 amide bonds. The zero-order valence-electron chi connectivity index (χ0n) is 18.3. The lowest BCUT2D eigenvalue weighted by Crippen LogP contribution is -2.42. The molecule has 2 aromatic carbocycles. The number of rotatable bonds is 7. The first-order valence-electron chi connectivity index (χ1n) is 10.8. The van der Waals surface area contributed by atoms with Gasteiger partial charge in [0.25, 0.3) is 0 Å². The highest BCUT2D eigenvalue weighted by molar-refractivity contribution is 5.98. The summed E-state index contributed by atoms with van der Waals surface area (Å²) in [6, 6.07) is 8.90. The molecule has 0 radical (unpaired) electrons. The molecule has 8 heteroatoms. The van der Waals surface area contributed by atoms with Crippen LogP contribution in [0, 0.1) is 5.82 Å². The third-order valence-electron chi connectivity index (χ3n) is 6.46. The van der Waals surface area contributed by atoms with E-state index < -0.39 is 11.7 Å². The first kappa shape index (κ1) is 23.0. The van der Waals surface area contributed by atoms with Gasteiger partial charge in [0.1, 0.15) is 6.61 Å². The average molecular weight is 473 g/mol. The number of carbonyl (C=O) groups excluding carboxylic acids is 1.